The first-order valence-corrected chi connectivity index (χ1v) is 21.2. The number of halogens is 6. The molecule has 0 saturated heterocycles. The highest BCUT2D eigenvalue weighted by Crippen LogP contribution is 2.85. The second-order valence-electron chi connectivity index (χ2n) is 7.30. The second-order valence-corrected chi connectivity index (χ2v) is 24.1. The maximum absolute atomic E-state index is 6.77. The van der Waals surface area contributed by atoms with Crippen molar-refractivity contribution >= 4 is 104 Å². The minimum atomic E-state index is -3.41. The number of aryl methyl sites for hydroxylation is 4. The van der Waals surface area contributed by atoms with Crippen LogP contribution in [-0.2, 0) is 0 Å². The second kappa shape index (κ2) is 9.99. The summed E-state index contributed by atoms with van der Waals surface area (Å²) < 4.78 is 17.6. The normalized spacial score (nSPS) is 26.3. The molecule has 0 aromatic heterocycles. The minimum absolute atomic E-state index is 0.681. The smallest absolute Gasteiger partial charge is 0.261 e. The molecule has 2 aromatic carbocycles. The van der Waals surface area contributed by atoms with Gasteiger partial charge in [-0.05, 0) is 142 Å². The van der Waals surface area contributed by atoms with Crippen LogP contribution in [0, 0.1) is 27.7 Å². The van der Waals surface area contributed by atoms with E-state index in [-0.39, 0.29) is 0 Å². The zero-order chi connectivity index (χ0) is 23.9. The van der Waals surface area contributed by atoms with Gasteiger partial charge in [0.1, 0.15) is 0 Å². The van der Waals surface area contributed by atoms with E-state index in [9.17, 15) is 0 Å². The third kappa shape index (κ3) is 7.86. The molecule has 2 N–H and O–H groups in total. The van der Waals surface area contributed by atoms with Crippen molar-refractivity contribution < 1.29 is 0 Å². The van der Waals surface area contributed by atoms with E-state index in [2.05, 4.69) is 28.2 Å². The van der Waals surface area contributed by atoms with Crippen molar-refractivity contribution in [2.45, 2.75) is 27.7 Å². The molecular formula is C16H20Cl6N6P4. The Hall–Kier alpha value is 0.700. The molecule has 1 aliphatic heterocycles. The number of nitrogens with zero attached hydrogens (tertiary/aromatic N) is 4. The van der Waals surface area contributed by atoms with Crippen molar-refractivity contribution in [3.05, 3.63) is 58.7 Å². The van der Waals surface area contributed by atoms with Gasteiger partial charge in [-0.15, -0.1) is 0 Å². The molecule has 0 fully saturated rings. The lowest BCUT2D eigenvalue weighted by Crippen LogP contribution is -1.94. The number of nitrogens with one attached hydrogen (secondary N) is 2. The Balaban J connectivity index is 2.13. The number of rotatable bonds is 4. The van der Waals surface area contributed by atoms with Crippen molar-refractivity contribution in [3.63, 3.8) is 0 Å². The maximum Gasteiger partial charge on any atom is 0.261 e. The van der Waals surface area contributed by atoms with E-state index in [1.165, 1.54) is 0 Å². The molecule has 176 valence electrons. The fourth-order valence-electron chi connectivity index (χ4n) is 3.14. The highest BCUT2D eigenvalue weighted by Gasteiger charge is 2.33. The summed E-state index contributed by atoms with van der Waals surface area (Å²) in [7, 11) is 0. The Labute approximate surface area is 217 Å². The van der Waals surface area contributed by atoms with Gasteiger partial charge in [-0.2, -0.15) is 18.1 Å². The lowest BCUT2D eigenvalue weighted by atomic mass is 10.1. The summed E-state index contributed by atoms with van der Waals surface area (Å²) in [6, 6.07) is 11.6. The third-order valence-electron chi connectivity index (χ3n) is 3.89. The van der Waals surface area contributed by atoms with Crippen LogP contribution in [0.25, 0.3) is 0 Å². The topological polar surface area (TPSA) is 73.5 Å². The minimum Gasteiger partial charge on any atom is -0.323 e. The maximum atomic E-state index is 6.77. The SMILES string of the molecule is Cc1cc(C)cc(NP2(Cl)=NP(Cl)(Cl)=NP(Cl)(Nc3cc(C)cc(C)c3)=NP(Cl)(Cl)=N2)c1. The molecule has 0 spiro atoms. The molecule has 1 heterocycles. The van der Waals surface area contributed by atoms with Crippen molar-refractivity contribution in [1.29, 1.82) is 0 Å². The zero-order valence-electron chi connectivity index (χ0n) is 17.3. The molecule has 16 heteroatoms. The van der Waals surface area contributed by atoms with Crippen LogP contribution in [0.1, 0.15) is 22.3 Å². The molecule has 2 aromatic rings. The molecular weight excluding hydrogens is 613 g/mol. The zero-order valence-corrected chi connectivity index (χ0v) is 25.4. The molecule has 1 aliphatic rings. The Morgan fingerprint density at radius 3 is 1.06 bits per heavy atom. The fourth-order valence-corrected chi connectivity index (χ4v) is 24.8. The molecule has 0 bridgehead atoms. The van der Waals surface area contributed by atoms with Gasteiger partial charge in [0.25, 0.3) is 25.2 Å². The van der Waals surface area contributed by atoms with Gasteiger partial charge < -0.3 is 10.2 Å². The van der Waals surface area contributed by atoms with E-state index in [1.54, 1.807) is 0 Å². The third-order valence-corrected chi connectivity index (χ3v) is 20.0. The first kappa shape index (κ1) is 27.3. The Morgan fingerprint density at radius 2 is 0.781 bits per heavy atom. The molecule has 0 radical (unpaired) electrons. The van der Waals surface area contributed by atoms with Crippen LogP contribution in [0.4, 0.5) is 11.4 Å². The summed E-state index contributed by atoms with van der Waals surface area (Å²) in [5, 5.41) is 6.20. The van der Waals surface area contributed by atoms with Crippen LogP contribution < -0.4 is 10.2 Å². The first-order chi connectivity index (χ1) is 14.6. The van der Waals surface area contributed by atoms with Crippen molar-refractivity contribution in [1.82, 2.24) is 0 Å². The fraction of sp³-hybridized carbons (Fsp3) is 0.250. The largest absolute Gasteiger partial charge is 0.323 e. The lowest BCUT2D eigenvalue weighted by Gasteiger charge is -2.25. The van der Waals surface area contributed by atoms with Gasteiger partial charge in [0.05, 0.1) is 0 Å². The molecule has 0 saturated carbocycles. The van der Waals surface area contributed by atoms with Crippen LogP contribution in [0.15, 0.2) is 54.5 Å². The molecule has 0 aliphatic carbocycles. The molecule has 2 atom stereocenters. The number of hydrogen-bond donors (Lipinski definition) is 2. The van der Waals surface area contributed by atoms with E-state index in [4.69, 9.17) is 67.4 Å². The molecule has 2 unspecified atom stereocenters. The average molecular weight is 633 g/mol. The molecule has 0 amide bonds. The van der Waals surface area contributed by atoms with Crippen LogP contribution in [0.5, 0.6) is 0 Å². The number of hydrogen-bond acceptors (Lipinski definition) is 6. The van der Waals surface area contributed by atoms with Gasteiger partial charge in [0, 0.05) is 11.4 Å². The van der Waals surface area contributed by atoms with Crippen LogP contribution in [0.3, 0.4) is 0 Å². The summed E-state index contributed by atoms with van der Waals surface area (Å²) in [4.78, 5) is 0. The van der Waals surface area contributed by atoms with Crippen LogP contribution >= 0.6 is 92.7 Å². The number of benzene rings is 2. The lowest BCUT2D eigenvalue weighted by molar-refractivity contribution is 1.39. The highest BCUT2D eigenvalue weighted by molar-refractivity contribution is 8.20. The van der Waals surface area contributed by atoms with Crippen molar-refractivity contribution in [2.75, 3.05) is 10.2 Å². The van der Waals surface area contributed by atoms with Gasteiger partial charge >= 0.3 is 0 Å². The van der Waals surface area contributed by atoms with Crippen molar-refractivity contribution in [2.24, 2.45) is 18.1 Å². The predicted octanol–water partition coefficient (Wildman–Crippen LogP) is 12.7. The van der Waals surface area contributed by atoms with E-state index < -0.39 is 25.2 Å². The summed E-state index contributed by atoms with van der Waals surface area (Å²) >= 11 is 39.6. The van der Waals surface area contributed by atoms with E-state index in [0.29, 0.717) is 11.4 Å². The Bertz CT molecular complexity index is 1160. The average Bonchev–Trinajstić information content (AvgIpc) is 2.47. The van der Waals surface area contributed by atoms with Gasteiger partial charge in [0.2, 0.25) is 0 Å². The van der Waals surface area contributed by atoms with Crippen LogP contribution in [-0.4, -0.2) is 0 Å². The van der Waals surface area contributed by atoms with Crippen LogP contribution in [0.2, 0.25) is 0 Å². The molecule has 32 heavy (non-hydrogen) atoms. The summed E-state index contributed by atoms with van der Waals surface area (Å²) in [6.45, 7) is 1.22. The molecule has 3 rings (SSSR count). The van der Waals surface area contributed by atoms with Gasteiger partial charge in [-0.3, -0.25) is 0 Å². The van der Waals surface area contributed by atoms with E-state index in [0.717, 1.165) is 22.3 Å². The summed E-state index contributed by atoms with van der Waals surface area (Å²) in [5.74, 6) is -6.82. The Kier molecular flexibility index (Phi) is 8.52. The van der Waals surface area contributed by atoms with Gasteiger partial charge in [-0.1, -0.05) is 12.1 Å². The Morgan fingerprint density at radius 1 is 0.500 bits per heavy atom. The summed E-state index contributed by atoms with van der Waals surface area (Å²) in [6.07, 6.45) is 0. The van der Waals surface area contributed by atoms with Gasteiger partial charge in [0.15, 0.2) is 0 Å². The summed E-state index contributed by atoms with van der Waals surface area (Å²) in [5.41, 5.74) is 5.46. The molecule has 6 nitrogen and oxygen atoms in total. The van der Waals surface area contributed by atoms with E-state index in [1.807, 2.05) is 64.1 Å². The predicted molar refractivity (Wildman–Crippen MR) is 152 cm³/mol. The standard InChI is InChI=1S/C16H20Cl6N6P4/c1-11-5-12(2)8-15(7-11)23-31(21)25-29(17,18)27-32(22,28-30(19,20)26-31)24-16-9-13(3)6-14(4)10-16/h5-10,23-24H,1-4H3. The monoisotopic (exact) mass is 630 g/mol. The van der Waals surface area contributed by atoms with E-state index >= 15 is 0 Å². The van der Waals surface area contributed by atoms with Crippen molar-refractivity contribution in [3.8, 4) is 0 Å². The first-order valence-electron chi connectivity index (χ1n) is 9.03. The van der Waals surface area contributed by atoms with Gasteiger partial charge in [-0.25, -0.2) is 0 Å². The quantitative estimate of drug-likeness (QED) is 0.329. The number of anilines is 2. The highest BCUT2D eigenvalue weighted by atomic mass is 35.9.